The van der Waals surface area contributed by atoms with Crippen molar-refractivity contribution in [2.24, 2.45) is 5.10 Å². The van der Waals surface area contributed by atoms with Gasteiger partial charge in [-0.15, -0.1) is 5.01 Å². The van der Waals surface area contributed by atoms with Crippen LogP contribution in [0.5, 0.6) is 5.75 Å². The van der Waals surface area contributed by atoms with E-state index in [2.05, 4.69) is 15.1 Å². The lowest BCUT2D eigenvalue weighted by atomic mass is 10.1. The zero-order valence-electron chi connectivity index (χ0n) is 13.5. The number of hydrazone groups is 1. The number of aromatic nitrogens is 1. The summed E-state index contributed by atoms with van der Waals surface area (Å²) >= 11 is 0. The number of benzene rings is 1. The number of pyridine rings is 1. The molecule has 0 bridgehead atoms. The van der Waals surface area contributed by atoms with E-state index in [0.29, 0.717) is 28.3 Å². The van der Waals surface area contributed by atoms with E-state index >= 15 is 0 Å². The minimum absolute atomic E-state index is 0. The van der Waals surface area contributed by atoms with Crippen molar-refractivity contribution in [3.63, 3.8) is 0 Å². The Morgan fingerprint density at radius 1 is 1.32 bits per heavy atom. The number of aliphatic hydroxyl groups is 1. The van der Waals surface area contributed by atoms with E-state index in [-0.39, 0.29) is 37.1 Å². The molecule has 1 aromatic heterocycles. The zero-order valence-corrected chi connectivity index (χ0v) is 14.2. The van der Waals surface area contributed by atoms with Gasteiger partial charge in [-0.1, -0.05) is 18.2 Å². The standard InChI is InChI=1S/C17H16N4O3.ClH/c1-11-17(24)14(12(10-22)8-18-11)9-19-15-7-16(23)21(20-15)13-5-3-2-4-6-13;/h2-6,8-9,22,24H,7,10H2,1H3;1H. The van der Waals surface area contributed by atoms with Crippen LogP contribution in [0.15, 0.2) is 41.6 Å². The first-order valence-corrected chi connectivity index (χ1v) is 7.43. The highest BCUT2D eigenvalue weighted by Crippen LogP contribution is 2.21. The van der Waals surface area contributed by atoms with Crippen molar-refractivity contribution in [3.05, 3.63) is 53.3 Å². The number of nitrogens with zero attached hydrogens (tertiary/aromatic N) is 3. The molecule has 1 amide bonds. The maximum Gasteiger partial charge on any atom is 0.332 e. The van der Waals surface area contributed by atoms with Crippen LogP contribution < -0.4 is 22.4 Å². The van der Waals surface area contributed by atoms with Crippen molar-refractivity contribution in [2.45, 2.75) is 20.0 Å². The minimum Gasteiger partial charge on any atom is -1.00 e. The third kappa shape index (κ3) is 3.84. The molecular weight excluding hydrogens is 344 g/mol. The van der Waals surface area contributed by atoms with Gasteiger partial charge in [0.2, 0.25) is 0 Å². The maximum atomic E-state index is 12.1. The molecule has 130 valence electrons. The van der Waals surface area contributed by atoms with Gasteiger partial charge in [-0.2, -0.15) is 0 Å². The molecule has 3 rings (SSSR count). The first kappa shape index (κ1) is 18.6. The fourth-order valence-corrected chi connectivity index (χ4v) is 2.38. The fourth-order valence-electron chi connectivity index (χ4n) is 2.38. The Kier molecular flexibility index (Phi) is 5.84. The van der Waals surface area contributed by atoms with E-state index in [1.54, 1.807) is 19.1 Å². The lowest BCUT2D eigenvalue weighted by Crippen LogP contribution is -3.00. The quantitative estimate of drug-likeness (QED) is 0.503. The number of rotatable bonds is 3. The van der Waals surface area contributed by atoms with Gasteiger partial charge in [0.25, 0.3) is 5.91 Å². The molecule has 2 heterocycles. The molecule has 25 heavy (non-hydrogen) atoms. The first-order chi connectivity index (χ1) is 11.6. The van der Waals surface area contributed by atoms with E-state index < -0.39 is 0 Å². The summed E-state index contributed by atoms with van der Waals surface area (Å²) in [6.07, 6.45) is 3.15. The SMILES string of the molecule is Cc1ncc(CO)c(C=[NH+]C2=NN(c3ccccc3)C(=O)C2)c1O.[Cl-]. The van der Waals surface area contributed by atoms with Crippen LogP contribution in [0, 0.1) is 6.92 Å². The Bertz CT molecular complexity index is 837. The molecule has 0 fully saturated rings. The number of amides is 1. The summed E-state index contributed by atoms with van der Waals surface area (Å²) in [5.41, 5.74) is 2.06. The molecule has 0 saturated carbocycles. The molecule has 0 atom stereocenters. The van der Waals surface area contributed by atoms with Crippen LogP contribution in [0.3, 0.4) is 0 Å². The molecule has 1 aliphatic heterocycles. The predicted octanol–water partition coefficient (Wildman–Crippen LogP) is -3.16. The summed E-state index contributed by atoms with van der Waals surface area (Å²) in [6.45, 7) is 1.41. The Balaban J connectivity index is 0.00000225. The Morgan fingerprint density at radius 3 is 2.72 bits per heavy atom. The number of nitrogens with one attached hydrogen (secondary N) is 1. The molecule has 8 heteroatoms. The number of amidine groups is 1. The second-order valence-corrected chi connectivity index (χ2v) is 5.34. The number of carbonyl (C=O) groups excluding carboxylic acids is 1. The van der Waals surface area contributed by atoms with Gasteiger partial charge in [-0.05, 0) is 19.1 Å². The average molecular weight is 361 g/mol. The number of hydrogen-bond acceptors (Lipinski definition) is 5. The molecule has 7 nitrogen and oxygen atoms in total. The van der Waals surface area contributed by atoms with Crippen LogP contribution in [0.25, 0.3) is 0 Å². The number of hydrogen-bond donors (Lipinski definition) is 3. The molecule has 2 aromatic rings. The van der Waals surface area contributed by atoms with Crippen LogP contribution in [-0.2, 0) is 11.4 Å². The van der Waals surface area contributed by atoms with Crippen molar-refractivity contribution >= 4 is 23.6 Å². The summed E-state index contributed by atoms with van der Waals surface area (Å²) in [6, 6.07) is 9.14. The second-order valence-electron chi connectivity index (χ2n) is 5.34. The number of carbonyl (C=O) groups is 1. The normalized spacial score (nSPS) is 13.9. The second kappa shape index (κ2) is 7.87. The largest absolute Gasteiger partial charge is 1.00 e. The Hall–Kier alpha value is -2.77. The van der Waals surface area contributed by atoms with Crippen molar-refractivity contribution < 1.29 is 32.4 Å². The van der Waals surface area contributed by atoms with E-state index in [4.69, 9.17) is 0 Å². The molecule has 0 saturated heterocycles. The first-order valence-electron chi connectivity index (χ1n) is 7.43. The summed E-state index contributed by atoms with van der Waals surface area (Å²) in [5.74, 6) is 0.301. The van der Waals surface area contributed by atoms with Gasteiger partial charge < -0.3 is 22.6 Å². The van der Waals surface area contributed by atoms with E-state index in [1.807, 2.05) is 18.2 Å². The summed E-state index contributed by atoms with van der Waals surface area (Å²) in [4.78, 5) is 19.0. The van der Waals surface area contributed by atoms with E-state index in [1.165, 1.54) is 17.4 Å². The molecule has 0 unspecified atom stereocenters. The number of aryl methyl sites for hydroxylation is 1. The van der Waals surface area contributed by atoms with Crippen LogP contribution >= 0.6 is 0 Å². The van der Waals surface area contributed by atoms with Gasteiger partial charge in [0.05, 0.1) is 34.9 Å². The van der Waals surface area contributed by atoms with E-state index in [9.17, 15) is 15.0 Å². The molecular formula is C17H17ClN4O3. The van der Waals surface area contributed by atoms with Crippen LogP contribution in [0.2, 0.25) is 0 Å². The topological polar surface area (TPSA) is 100.0 Å². The van der Waals surface area contributed by atoms with Crippen molar-refractivity contribution in [2.75, 3.05) is 5.01 Å². The van der Waals surface area contributed by atoms with Crippen molar-refractivity contribution in [3.8, 4) is 5.75 Å². The number of para-hydroxylation sites is 1. The summed E-state index contributed by atoms with van der Waals surface area (Å²) in [5, 5.41) is 25.1. The summed E-state index contributed by atoms with van der Waals surface area (Å²) in [7, 11) is 0. The van der Waals surface area contributed by atoms with Gasteiger partial charge in [0.1, 0.15) is 12.2 Å². The molecule has 0 radical (unpaired) electrons. The Labute approximate surface area is 150 Å². The molecule has 1 aromatic carbocycles. The third-order valence-corrected chi connectivity index (χ3v) is 3.69. The van der Waals surface area contributed by atoms with Crippen molar-refractivity contribution in [1.82, 2.24) is 4.98 Å². The van der Waals surface area contributed by atoms with E-state index in [0.717, 1.165) is 0 Å². The molecule has 0 spiro atoms. The van der Waals surface area contributed by atoms with Crippen LogP contribution in [0.4, 0.5) is 5.69 Å². The number of anilines is 1. The molecule has 0 aliphatic carbocycles. The summed E-state index contributed by atoms with van der Waals surface area (Å²) < 4.78 is 0. The minimum atomic E-state index is -0.254. The maximum absolute atomic E-state index is 12.1. The van der Waals surface area contributed by atoms with Gasteiger partial charge in [0, 0.05) is 11.8 Å². The fraction of sp³-hybridized carbons (Fsp3) is 0.176. The number of aromatic hydroxyl groups is 1. The van der Waals surface area contributed by atoms with Gasteiger partial charge in [0.15, 0.2) is 0 Å². The highest BCUT2D eigenvalue weighted by molar-refractivity contribution is 6.09. The number of halogens is 1. The third-order valence-electron chi connectivity index (χ3n) is 3.69. The average Bonchev–Trinajstić information content (AvgIpc) is 2.97. The van der Waals surface area contributed by atoms with Crippen LogP contribution in [0.1, 0.15) is 23.2 Å². The predicted molar refractivity (Wildman–Crippen MR) is 88.7 cm³/mol. The van der Waals surface area contributed by atoms with Gasteiger partial charge >= 0.3 is 5.84 Å². The molecule has 1 aliphatic rings. The van der Waals surface area contributed by atoms with Crippen molar-refractivity contribution in [1.29, 1.82) is 0 Å². The van der Waals surface area contributed by atoms with Gasteiger partial charge in [-0.3, -0.25) is 9.78 Å². The Morgan fingerprint density at radius 2 is 2.04 bits per heavy atom. The van der Waals surface area contributed by atoms with Gasteiger partial charge in [-0.25, -0.2) is 4.99 Å². The highest BCUT2D eigenvalue weighted by Gasteiger charge is 2.32. The smallest absolute Gasteiger partial charge is 0.332 e. The molecule has 3 N–H and O–H groups in total. The zero-order chi connectivity index (χ0) is 17.1. The van der Waals surface area contributed by atoms with Crippen LogP contribution in [-0.4, -0.2) is 33.2 Å². The monoisotopic (exact) mass is 360 g/mol. The highest BCUT2D eigenvalue weighted by atomic mass is 35.5. The number of aliphatic hydroxyl groups excluding tert-OH is 1. The lowest BCUT2D eigenvalue weighted by Gasteiger charge is -2.05. The lowest BCUT2D eigenvalue weighted by molar-refractivity contribution is -0.311.